The molecule has 0 unspecified atom stereocenters. The average Bonchev–Trinajstić information content (AvgIpc) is 2.75. The Kier molecular flexibility index (Phi) is 9.34. The van der Waals surface area contributed by atoms with E-state index in [9.17, 15) is 19.5 Å². The van der Waals surface area contributed by atoms with Gasteiger partial charge in [0.15, 0.2) is 0 Å². The number of unbranched alkanes of at least 4 members (excludes halogenated alkanes) is 2. The lowest BCUT2D eigenvalue weighted by Crippen LogP contribution is -2.25. The number of rotatable bonds is 9. The maximum absolute atomic E-state index is 12.4. The van der Waals surface area contributed by atoms with Gasteiger partial charge in [0.25, 0.3) is 5.91 Å². The molecule has 0 fully saturated rings. The minimum absolute atomic E-state index is 0.0875. The third-order valence-corrected chi connectivity index (χ3v) is 4.73. The number of amides is 2. The Morgan fingerprint density at radius 1 is 1.09 bits per heavy atom. The summed E-state index contributed by atoms with van der Waals surface area (Å²) in [5, 5.41) is 15.4. The van der Waals surface area contributed by atoms with Gasteiger partial charge in [-0.3, -0.25) is 9.59 Å². The number of aryl methyl sites for hydroxylation is 1. The lowest BCUT2D eigenvalue weighted by molar-refractivity contribution is -0.152. The lowest BCUT2D eigenvalue weighted by atomic mass is 10.1. The van der Waals surface area contributed by atoms with Gasteiger partial charge < -0.3 is 25.2 Å². The number of phenolic OH excluding ortho intramolecular Hbond substituents is 1. The number of hydrogen-bond acceptors (Lipinski definition) is 6. The smallest absolute Gasteiger partial charge is 0.397 e. The number of phenols is 1. The van der Waals surface area contributed by atoms with Crippen LogP contribution in [-0.2, 0) is 14.3 Å². The molecule has 2 rings (SSSR count). The van der Waals surface area contributed by atoms with Crippen LogP contribution < -0.4 is 15.4 Å². The molecule has 172 valence electrons. The molecular weight excluding hydrogens is 436 g/mol. The van der Waals surface area contributed by atoms with Crippen LogP contribution in [0.15, 0.2) is 30.3 Å². The van der Waals surface area contributed by atoms with Crippen LogP contribution in [0.2, 0.25) is 5.02 Å². The highest BCUT2D eigenvalue weighted by Crippen LogP contribution is 2.36. The van der Waals surface area contributed by atoms with Gasteiger partial charge in [-0.1, -0.05) is 31.4 Å². The largest absolute Gasteiger partial charge is 0.507 e. The van der Waals surface area contributed by atoms with E-state index in [1.54, 1.807) is 19.9 Å². The van der Waals surface area contributed by atoms with Crippen LogP contribution in [0.1, 0.15) is 49.0 Å². The summed E-state index contributed by atoms with van der Waals surface area (Å²) in [6.07, 6.45) is 2.90. The van der Waals surface area contributed by atoms with Gasteiger partial charge in [-0.2, -0.15) is 0 Å². The number of ether oxygens (including phenoxy) is 2. The molecule has 2 amide bonds. The van der Waals surface area contributed by atoms with Crippen molar-refractivity contribution in [2.24, 2.45) is 0 Å². The summed E-state index contributed by atoms with van der Waals surface area (Å²) in [4.78, 5) is 35.7. The van der Waals surface area contributed by atoms with E-state index in [1.807, 2.05) is 0 Å². The summed E-state index contributed by atoms with van der Waals surface area (Å²) in [7, 11) is 0. The average molecular weight is 463 g/mol. The van der Waals surface area contributed by atoms with Crippen molar-refractivity contribution in [3.05, 3.63) is 46.5 Å². The standard InChI is InChI=1S/C23H27ClN2O6/c1-4-6-7-10-25-21(28)17-13-16(8-9-19(17)27)32-20-14(3)11-15(12-18(20)24)26-22(29)23(30)31-5-2/h8-9,11-13,27H,4-7,10H2,1-3H3,(H,25,28)(H,26,29). The SMILES string of the molecule is CCCCCNC(=O)c1cc(Oc2c(C)cc(NC(=O)C(=O)OCC)cc2Cl)ccc1O. The first-order chi connectivity index (χ1) is 15.3. The minimum atomic E-state index is -0.994. The zero-order chi connectivity index (χ0) is 23.7. The molecule has 3 N–H and O–H groups in total. The highest BCUT2D eigenvalue weighted by Gasteiger charge is 2.18. The molecule has 0 saturated heterocycles. The van der Waals surface area contributed by atoms with Gasteiger partial charge in [0.2, 0.25) is 0 Å². The Balaban J connectivity index is 2.16. The third-order valence-electron chi connectivity index (χ3n) is 4.45. The summed E-state index contributed by atoms with van der Waals surface area (Å²) in [6.45, 7) is 5.99. The van der Waals surface area contributed by atoms with Crippen molar-refractivity contribution in [3.8, 4) is 17.2 Å². The van der Waals surface area contributed by atoms with E-state index in [1.165, 1.54) is 24.3 Å². The van der Waals surface area contributed by atoms with E-state index < -0.39 is 17.8 Å². The van der Waals surface area contributed by atoms with Gasteiger partial charge in [0, 0.05) is 12.2 Å². The van der Waals surface area contributed by atoms with Crippen molar-refractivity contribution in [1.29, 1.82) is 0 Å². The highest BCUT2D eigenvalue weighted by atomic mass is 35.5. The summed E-state index contributed by atoms with van der Waals surface area (Å²) in [5.74, 6) is -1.86. The Bertz CT molecular complexity index is 969. The van der Waals surface area contributed by atoms with Gasteiger partial charge in [-0.25, -0.2) is 4.79 Å². The highest BCUT2D eigenvalue weighted by molar-refractivity contribution is 6.37. The monoisotopic (exact) mass is 462 g/mol. The quantitative estimate of drug-likeness (QED) is 0.286. The van der Waals surface area contributed by atoms with Crippen LogP contribution in [0.25, 0.3) is 0 Å². The number of nitrogens with one attached hydrogen (secondary N) is 2. The molecule has 8 nitrogen and oxygen atoms in total. The van der Waals surface area contributed by atoms with Gasteiger partial charge in [0.1, 0.15) is 17.2 Å². The summed E-state index contributed by atoms with van der Waals surface area (Å²) >= 11 is 6.32. The molecule has 2 aromatic rings. The van der Waals surface area contributed by atoms with Crippen LogP contribution in [-0.4, -0.2) is 36.0 Å². The normalized spacial score (nSPS) is 10.4. The number of hydrogen-bond donors (Lipinski definition) is 3. The van der Waals surface area contributed by atoms with Crippen LogP contribution in [0.3, 0.4) is 0 Å². The van der Waals surface area contributed by atoms with E-state index >= 15 is 0 Å². The number of carbonyl (C=O) groups is 3. The molecule has 2 aromatic carbocycles. The molecule has 0 bridgehead atoms. The van der Waals surface area contributed by atoms with Crippen molar-refractivity contribution in [3.63, 3.8) is 0 Å². The molecule has 0 aliphatic heterocycles. The number of aromatic hydroxyl groups is 1. The van der Waals surface area contributed by atoms with Crippen LogP contribution in [0.4, 0.5) is 5.69 Å². The molecule has 0 spiro atoms. The molecular formula is C23H27ClN2O6. The maximum Gasteiger partial charge on any atom is 0.397 e. The predicted molar refractivity (Wildman–Crippen MR) is 121 cm³/mol. The zero-order valence-electron chi connectivity index (χ0n) is 18.3. The fraction of sp³-hybridized carbons (Fsp3) is 0.348. The second-order valence-corrected chi connectivity index (χ2v) is 7.43. The predicted octanol–water partition coefficient (Wildman–Crippen LogP) is 4.57. The first-order valence-electron chi connectivity index (χ1n) is 10.3. The number of carbonyl (C=O) groups excluding carboxylic acids is 3. The van der Waals surface area contributed by atoms with Crippen LogP contribution in [0, 0.1) is 6.92 Å². The first-order valence-corrected chi connectivity index (χ1v) is 10.7. The first kappa shape index (κ1) is 25.0. The second kappa shape index (κ2) is 12.0. The molecule has 9 heteroatoms. The fourth-order valence-electron chi connectivity index (χ4n) is 2.86. The molecule has 0 aliphatic carbocycles. The molecule has 0 aliphatic rings. The Hall–Kier alpha value is -3.26. The molecule has 0 heterocycles. The Morgan fingerprint density at radius 3 is 2.50 bits per heavy atom. The summed E-state index contributed by atoms with van der Waals surface area (Å²) in [6, 6.07) is 7.32. The number of esters is 1. The maximum atomic E-state index is 12.4. The molecule has 0 radical (unpaired) electrons. The van der Waals surface area contributed by atoms with E-state index in [2.05, 4.69) is 22.3 Å². The van der Waals surface area contributed by atoms with Gasteiger partial charge in [-0.05, 0) is 56.2 Å². The van der Waals surface area contributed by atoms with E-state index in [0.717, 1.165) is 19.3 Å². The van der Waals surface area contributed by atoms with Crippen molar-refractivity contribution in [1.82, 2.24) is 5.32 Å². The van der Waals surface area contributed by atoms with E-state index in [0.29, 0.717) is 29.3 Å². The number of halogens is 1. The fourth-order valence-corrected chi connectivity index (χ4v) is 3.17. The van der Waals surface area contributed by atoms with Crippen molar-refractivity contribution < 1.29 is 29.0 Å². The lowest BCUT2D eigenvalue weighted by Gasteiger charge is -2.14. The second-order valence-electron chi connectivity index (χ2n) is 7.02. The number of benzene rings is 2. The third kappa shape index (κ3) is 6.88. The summed E-state index contributed by atoms with van der Waals surface area (Å²) < 4.78 is 10.5. The van der Waals surface area contributed by atoms with Gasteiger partial charge in [0.05, 0.1) is 17.2 Å². The van der Waals surface area contributed by atoms with E-state index in [4.69, 9.17) is 16.3 Å². The van der Waals surface area contributed by atoms with Crippen molar-refractivity contribution in [2.75, 3.05) is 18.5 Å². The van der Waals surface area contributed by atoms with Gasteiger partial charge in [-0.15, -0.1) is 0 Å². The molecule has 0 aromatic heterocycles. The Morgan fingerprint density at radius 2 is 1.84 bits per heavy atom. The molecule has 32 heavy (non-hydrogen) atoms. The van der Waals surface area contributed by atoms with Crippen LogP contribution in [0.5, 0.6) is 17.2 Å². The summed E-state index contributed by atoms with van der Waals surface area (Å²) in [5.41, 5.74) is 0.970. The zero-order valence-corrected chi connectivity index (χ0v) is 19.0. The number of anilines is 1. The Labute approximate surface area is 191 Å². The molecule has 0 atom stereocenters. The molecule has 0 saturated carbocycles. The van der Waals surface area contributed by atoms with E-state index in [-0.39, 0.29) is 22.9 Å². The van der Waals surface area contributed by atoms with Crippen molar-refractivity contribution in [2.45, 2.75) is 40.0 Å². The van der Waals surface area contributed by atoms with Crippen molar-refractivity contribution >= 4 is 35.1 Å². The van der Waals surface area contributed by atoms with Gasteiger partial charge >= 0.3 is 11.9 Å². The minimum Gasteiger partial charge on any atom is -0.507 e. The van der Waals surface area contributed by atoms with Crippen LogP contribution >= 0.6 is 11.6 Å². The topological polar surface area (TPSA) is 114 Å².